The first-order chi connectivity index (χ1) is 8.11. The topological polar surface area (TPSA) is 81.4 Å². The third-order valence-electron chi connectivity index (χ3n) is 1.88. The molecule has 0 aliphatic carbocycles. The smallest absolute Gasteiger partial charge is 0.315 e. The zero-order valence-electron chi connectivity index (χ0n) is 9.43. The Labute approximate surface area is 104 Å². The molecule has 0 bridgehead atoms. The van der Waals surface area contributed by atoms with E-state index in [-0.39, 0.29) is 23.4 Å². The van der Waals surface area contributed by atoms with Gasteiger partial charge >= 0.3 is 5.97 Å². The average molecular weight is 254 g/mol. The Morgan fingerprint density at radius 2 is 1.94 bits per heavy atom. The van der Waals surface area contributed by atoms with Crippen molar-refractivity contribution in [2.45, 2.75) is 0 Å². The Morgan fingerprint density at radius 1 is 1.29 bits per heavy atom. The van der Waals surface area contributed by atoms with E-state index in [1.54, 1.807) is 24.3 Å². The predicted octanol–water partition coefficient (Wildman–Crippen LogP) is 1.11. The lowest BCUT2D eigenvalue weighted by atomic mass is 10.3. The van der Waals surface area contributed by atoms with E-state index in [1.165, 1.54) is 18.9 Å². The highest BCUT2D eigenvalue weighted by Gasteiger charge is 2.05. The van der Waals surface area contributed by atoms with Crippen molar-refractivity contribution in [1.82, 2.24) is 0 Å². The number of nitrogens with two attached hydrogens (primary N) is 1. The zero-order valence-corrected chi connectivity index (χ0v) is 10.3. The number of ether oxygens (including phenoxy) is 1. The second-order valence-corrected chi connectivity index (χ2v) is 4.22. The van der Waals surface area contributed by atoms with Gasteiger partial charge in [0.15, 0.2) is 0 Å². The molecule has 0 saturated heterocycles. The minimum atomic E-state index is -0.338. The first-order valence-electron chi connectivity index (χ1n) is 4.92. The van der Waals surface area contributed by atoms with Crippen LogP contribution in [0.1, 0.15) is 0 Å². The van der Waals surface area contributed by atoms with Crippen LogP contribution in [0.15, 0.2) is 24.3 Å². The summed E-state index contributed by atoms with van der Waals surface area (Å²) < 4.78 is 4.46. The van der Waals surface area contributed by atoms with Crippen molar-refractivity contribution < 1.29 is 14.3 Å². The highest BCUT2D eigenvalue weighted by Crippen LogP contribution is 2.11. The van der Waals surface area contributed by atoms with Gasteiger partial charge in [0.2, 0.25) is 5.91 Å². The average Bonchev–Trinajstić information content (AvgIpc) is 2.32. The van der Waals surface area contributed by atoms with E-state index in [1.807, 2.05) is 0 Å². The predicted molar refractivity (Wildman–Crippen MR) is 68.8 cm³/mol. The largest absolute Gasteiger partial charge is 0.468 e. The lowest BCUT2D eigenvalue weighted by Gasteiger charge is -2.04. The maximum atomic E-state index is 11.5. The molecule has 0 heterocycles. The van der Waals surface area contributed by atoms with Gasteiger partial charge in [-0.2, -0.15) is 0 Å². The molecule has 1 aromatic carbocycles. The van der Waals surface area contributed by atoms with E-state index in [2.05, 4.69) is 10.1 Å². The summed E-state index contributed by atoms with van der Waals surface area (Å²) in [6.07, 6.45) is 0. The summed E-state index contributed by atoms with van der Waals surface area (Å²) in [6, 6.07) is 6.85. The molecule has 1 rings (SSSR count). The van der Waals surface area contributed by atoms with E-state index in [4.69, 9.17) is 5.73 Å². The van der Waals surface area contributed by atoms with Gasteiger partial charge in [0.05, 0.1) is 18.6 Å². The molecule has 17 heavy (non-hydrogen) atoms. The van der Waals surface area contributed by atoms with Crippen LogP contribution in [0.5, 0.6) is 0 Å². The Balaban J connectivity index is 2.30. The Bertz CT molecular complexity index is 392. The number of nitrogens with one attached hydrogen (secondary N) is 1. The molecule has 0 aromatic heterocycles. The van der Waals surface area contributed by atoms with E-state index >= 15 is 0 Å². The summed E-state index contributed by atoms with van der Waals surface area (Å²) in [6.45, 7) is 0. The van der Waals surface area contributed by atoms with E-state index < -0.39 is 0 Å². The molecule has 92 valence electrons. The summed E-state index contributed by atoms with van der Waals surface area (Å²) >= 11 is 1.21. The molecule has 0 aliphatic rings. The fraction of sp³-hybridized carbons (Fsp3) is 0.273. The van der Waals surface area contributed by atoms with Gasteiger partial charge in [0.25, 0.3) is 0 Å². The van der Waals surface area contributed by atoms with Crippen molar-refractivity contribution >= 4 is 35.0 Å². The minimum Gasteiger partial charge on any atom is -0.468 e. The molecule has 0 spiro atoms. The van der Waals surface area contributed by atoms with Gasteiger partial charge in [-0.05, 0) is 24.3 Å². The maximum Gasteiger partial charge on any atom is 0.315 e. The van der Waals surface area contributed by atoms with Crippen LogP contribution in [0, 0.1) is 0 Å². The van der Waals surface area contributed by atoms with E-state index in [9.17, 15) is 9.59 Å². The van der Waals surface area contributed by atoms with Crippen LogP contribution in [-0.4, -0.2) is 30.5 Å². The Morgan fingerprint density at radius 3 is 2.53 bits per heavy atom. The quantitative estimate of drug-likeness (QED) is 0.607. The van der Waals surface area contributed by atoms with Gasteiger partial charge in [-0.1, -0.05) is 0 Å². The van der Waals surface area contributed by atoms with Gasteiger partial charge in [-0.15, -0.1) is 11.8 Å². The number of hydrogen-bond acceptors (Lipinski definition) is 5. The van der Waals surface area contributed by atoms with Crippen molar-refractivity contribution in [3.8, 4) is 0 Å². The summed E-state index contributed by atoms with van der Waals surface area (Å²) in [5.74, 6) is -0.121. The van der Waals surface area contributed by atoms with Crippen LogP contribution in [0.4, 0.5) is 11.4 Å². The van der Waals surface area contributed by atoms with Gasteiger partial charge in [-0.25, -0.2) is 0 Å². The summed E-state index contributed by atoms with van der Waals surface area (Å²) in [5.41, 5.74) is 6.84. The van der Waals surface area contributed by atoms with Crippen LogP contribution in [0.2, 0.25) is 0 Å². The number of carbonyl (C=O) groups excluding carboxylic acids is 2. The number of benzene rings is 1. The number of hydrogen-bond donors (Lipinski definition) is 2. The van der Waals surface area contributed by atoms with E-state index in [0.29, 0.717) is 11.4 Å². The normalized spacial score (nSPS) is 9.71. The lowest BCUT2D eigenvalue weighted by Crippen LogP contribution is -2.15. The highest BCUT2D eigenvalue weighted by molar-refractivity contribution is 8.00. The molecule has 5 nitrogen and oxygen atoms in total. The number of esters is 1. The molecule has 0 saturated carbocycles. The Hall–Kier alpha value is -1.69. The molecule has 0 unspecified atom stereocenters. The standard InChI is InChI=1S/C11H14N2O3S/c1-16-11(15)7-17-6-10(14)13-9-4-2-8(12)3-5-9/h2-5H,6-7,12H2,1H3,(H,13,14). The maximum absolute atomic E-state index is 11.5. The fourth-order valence-electron chi connectivity index (χ4n) is 1.05. The molecule has 1 amide bonds. The van der Waals surface area contributed by atoms with Crippen LogP contribution in [0.3, 0.4) is 0 Å². The molecule has 3 N–H and O–H groups in total. The number of rotatable bonds is 5. The minimum absolute atomic E-state index is 0.163. The van der Waals surface area contributed by atoms with Gasteiger partial charge in [0, 0.05) is 11.4 Å². The zero-order chi connectivity index (χ0) is 12.7. The summed E-state index contributed by atoms with van der Waals surface area (Å²) in [7, 11) is 1.32. The van der Waals surface area contributed by atoms with Crippen LogP contribution < -0.4 is 11.1 Å². The molecular formula is C11H14N2O3S. The van der Waals surface area contributed by atoms with Gasteiger partial charge < -0.3 is 15.8 Å². The second-order valence-electron chi connectivity index (χ2n) is 3.24. The first-order valence-corrected chi connectivity index (χ1v) is 6.07. The number of anilines is 2. The van der Waals surface area contributed by atoms with Crippen LogP contribution in [-0.2, 0) is 14.3 Å². The van der Waals surface area contributed by atoms with Gasteiger partial charge in [0.1, 0.15) is 0 Å². The van der Waals surface area contributed by atoms with E-state index in [0.717, 1.165) is 0 Å². The third-order valence-corrected chi connectivity index (χ3v) is 2.78. The SMILES string of the molecule is COC(=O)CSCC(=O)Nc1ccc(N)cc1. The molecule has 6 heteroatoms. The number of carbonyl (C=O) groups is 2. The van der Waals surface area contributed by atoms with Crippen molar-refractivity contribution in [2.75, 3.05) is 29.7 Å². The van der Waals surface area contributed by atoms with Crippen LogP contribution >= 0.6 is 11.8 Å². The number of nitrogen functional groups attached to an aromatic ring is 1. The lowest BCUT2D eigenvalue weighted by molar-refractivity contribution is -0.137. The number of thioether (sulfide) groups is 1. The monoisotopic (exact) mass is 254 g/mol. The molecule has 0 fully saturated rings. The summed E-state index contributed by atoms with van der Waals surface area (Å²) in [4.78, 5) is 22.3. The molecule has 0 atom stereocenters. The van der Waals surface area contributed by atoms with Crippen molar-refractivity contribution in [2.24, 2.45) is 0 Å². The molecular weight excluding hydrogens is 240 g/mol. The summed E-state index contributed by atoms with van der Waals surface area (Å²) in [5, 5.41) is 2.69. The molecule has 0 radical (unpaired) electrons. The Kier molecular flexibility index (Phi) is 5.35. The van der Waals surface area contributed by atoms with Crippen molar-refractivity contribution in [1.29, 1.82) is 0 Å². The van der Waals surface area contributed by atoms with Gasteiger partial charge in [-0.3, -0.25) is 9.59 Å². The number of amides is 1. The molecule has 1 aromatic rings. The molecule has 0 aliphatic heterocycles. The van der Waals surface area contributed by atoms with Crippen molar-refractivity contribution in [3.63, 3.8) is 0 Å². The highest BCUT2D eigenvalue weighted by atomic mass is 32.2. The van der Waals surface area contributed by atoms with Crippen LogP contribution in [0.25, 0.3) is 0 Å². The second kappa shape index (κ2) is 6.80. The van der Waals surface area contributed by atoms with Crippen molar-refractivity contribution in [3.05, 3.63) is 24.3 Å². The first kappa shape index (κ1) is 13.4. The number of methoxy groups -OCH3 is 1. The third kappa shape index (κ3) is 5.26. The fourth-order valence-corrected chi connectivity index (χ4v) is 1.69.